The van der Waals surface area contributed by atoms with Crippen LogP contribution in [0.4, 0.5) is 21.6 Å². The molecule has 3 aliphatic rings. The number of halogens is 2. The van der Waals surface area contributed by atoms with E-state index in [2.05, 4.69) is 37.3 Å². The topological polar surface area (TPSA) is 134 Å². The monoisotopic (exact) mass is 543 g/mol. The second-order valence-electron chi connectivity index (χ2n) is 10.6. The Morgan fingerprint density at radius 2 is 2.00 bits per heavy atom. The molecule has 2 saturated carbocycles. The van der Waals surface area contributed by atoms with Crippen LogP contribution in [-0.4, -0.2) is 65.8 Å². The lowest BCUT2D eigenvalue weighted by Gasteiger charge is -2.36. The number of piperazine rings is 1. The lowest BCUT2D eigenvalue weighted by molar-refractivity contribution is -0.123. The van der Waals surface area contributed by atoms with E-state index in [9.17, 15) is 18.9 Å². The van der Waals surface area contributed by atoms with E-state index in [4.69, 9.17) is 17.3 Å². The first-order chi connectivity index (χ1) is 18.2. The fraction of sp³-hybridized carbons (Fsp3) is 0.538. The van der Waals surface area contributed by atoms with Crippen LogP contribution in [0.25, 0.3) is 0 Å². The Hall–Kier alpha value is -3.18. The zero-order valence-corrected chi connectivity index (χ0v) is 21.9. The molecule has 38 heavy (non-hydrogen) atoms. The van der Waals surface area contributed by atoms with Gasteiger partial charge in [-0.1, -0.05) is 0 Å². The molecule has 2 heterocycles. The Labute approximate surface area is 225 Å². The molecule has 5 rings (SSSR count). The van der Waals surface area contributed by atoms with Crippen molar-refractivity contribution in [2.75, 3.05) is 43.4 Å². The fourth-order valence-electron chi connectivity index (χ4n) is 6.62. The van der Waals surface area contributed by atoms with Crippen molar-refractivity contribution >= 4 is 40.5 Å². The number of aromatic nitrogens is 2. The molecule has 0 radical (unpaired) electrons. The zero-order valence-electron chi connectivity index (χ0n) is 21.1. The van der Waals surface area contributed by atoms with E-state index in [1.165, 1.54) is 0 Å². The molecule has 2 aliphatic carbocycles. The van der Waals surface area contributed by atoms with Crippen molar-refractivity contribution in [3.63, 3.8) is 0 Å². The van der Waals surface area contributed by atoms with Crippen LogP contribution in [0.1, 0.15) is 36.0 Å². The van der Waals surface area contributed by atoms with Crippen LogP contribution >= 0.6 is 11.6 Å². The van der Waals surface area contributed by atoms with Gasteiger partial charge in [0.2, 0.25) is 11.2 Å². The van der Waals surface area contributed by atoms with Crippen molar-refractivity contribution in [1.29, 1.82) is 0 Å². The molecular weight excluding hydrogens is 513 g/mol. The Balaban J connectivity index is 1.31. The van der Waals surface area contributed by atoms with E-state index < -0.39 is 23.7 Å². The van der Waals surface area contributed by atoms with E-state index >= 15 is 0 Å². The molecule has 10 nitrogen and oxygen atoms in total. The number of nitroso groups, excluding NO2 is 1. The van der Waals surface area contributed by atoms with E-state index in [-0.39, 0.29) is 40.3 Å². The normalized spacial score (nSPS) is 26.9. The maximum Gasteiger partial charge on any atom is 0.224 e. The molecule has 1 amide bonds. The second kappa shape index (κ2) is 10.9. The highest BCUT2D eigenvalue weighted by molar-refractivity contribution is 6.28. The van der Waals surface area contributed by atoms with Crippen LogP contribution in [0.3, 0.4) is 0 Å². The number of benzene rings is 1. The minimum atomic E-state index is -0.660. The Morgan fingerprint density at radius 3 is 2.71 bits per heavy atom. The standard InChI is InChI=1S/C26H31ClFN7O3/c1-34-6-8-35(9-7-34)20-4-3-16(33-38)12-18(20)21(36)5-2-14-10-15-11-17(14)23(22(15)24(29)37)31-25-19(28)13-30-26(27)32-25/h3-4,12-15,17,22-23H,2,5-11H2,1H3,(H2,29,37)(H,30,31,32)/t14-,15-,17-,22+,23-/m1/s1. The van der Waals surface area contributed by atoms with Crippen molar-refractivity contribution in [3.05, 3.63) is 46.0 Å². The van der Waals surface area contributed by atoms with Crippen molar-refractivity contribution in [2.24, 2.45) is 34.6 Å². The quantitative estimate of drug-likeness (QED) is 0.278. The third-order valence-corrected chi connectivity index (χ3v) is 8.64. The molecule has 2 bridgehead atoms. The highest BCUT2D eigenvalue weighted by atomic mass is 35.5. The Bertz CT molecular complexity index is 1240. The highest BCUT2D eigenvalue weighted by Crippen LogP contribution is 2.54. The van der Waals surface area contributed by atoms with Gasteiger partial charge in [0.25, 0.3) is 0 Å². The molecule has 0 spiro atoms. The number of anilines is 2. The molecule has 0 unspecified atom stereocenters. The van der Waals surface area contributed by atoms with Gasteiger partial charge in [-0.3, -0.25) is 9.59 Å². The lowest BCUT2D eigenvalue weighted by atomic mass is 9.75. The van der Waals surface area contributed by atoms with Gasteiger partial charge in [0.15, 0.2) is 17.4 Å². The zero-order chi connectivity index (χ0) is 27.0. The van der Waals surface area contributed by atoms with Crippen LogP contribution in [0.2, 0.25) is 5.28 Å². The van der Waals surface area contributed by atoms with E-state index in [0.717, 1.165) is 50.9 Å². The van der Waals surface area contributed by atoms with Gasteiger partial charge in [0.05, 0.1) is 12.1 Å². The van der Waals surface area contributed by atoms with Gasteiger partial charge in [-0.05, 0) is 79.0 Å². The molecular formula is C26H31ClFN7O3. The summed E-state index contributed by atoms with van der Waals surface area (Å²) in [5.74, 6) is -1.42. The number of amides is 1. The minimum absolute atomic E-state index is 0.0264. The molecule has 1 saturated heterocycles. The summed E-state index contributed by atoms with van der Waals surface area (Å²) in [4.78, 5) is 49.0. The number of hydrogen-bond donors (Lipinski definition) is 2. The number of nitrogens with one attached hydrogen (secondary N) is 1. The highest BCUT2D eigenvalue weighted by Gasteiger charge is 2.54. The molecule has 5 atom stereocenters. The average Bonchev–Trinajstić information content (AvgIpc) is 3.48. The number of carbonyl (C=O) groups excluding carboxylic acids is 2. The van der Waals surface area contributed by atoms with Crippen LogP contribution in [0.5, 0.6) is 0 Å². The number of likely N-dealkylation sites (N-methyl/N-ethyl adjacent to an activating group) is 1. The number of ketones is 1. The second-order valence-corrected chi connectivity index (χ2v) is 11.0. The van der Waals surface area contributed by atoms with Gasteiger partial charge < -0.3 is 20.9 Å². The van der Waals surface area contributed by atoms with Crippen LogP contribution < -0.4 is 16.0 Å². The number of primary amides is 1. The van der Waals surface area contributed by atoms with Gasteiger partial charge in [-0.15, -0.1) is 4.91 Å². The number of nitrogens with zero attached hydrogens (tertiary/aromatic N) is 5. The van der Waals surface area contributed by atoms with Crippen molar-refractivity contribution in [1.82, 2.24) is 14.9 Å². The summed E-state index contributed by atoms with van der Waals surface area (Å²) in [5.41, 5.74) is 7.30. The number of rotatable bonds is 9. The fourth-order valence-corrected chi connectivity index (χ4v) is 6.75. The molecule has 2 aromatic rings. The van der Waals surface area contributed by atoms with Gasteiger partial charge in [0.1, 0.15) is 5.69 Å². The minimum Gasteiger partial charge on any atom is -0.369 e. The number of fused-ring (bicyclic) bond motifs is 2. The molecule has 1 aliphatic heterocycles. The SMILES string of the molecule is CN1CCN(c2ccc(N=O)cc2C(=O)CC[C@@H]2C[C@@H]3C[C@H]2[C@@H](Nc2nc(Cl)ncc2F)[C@H]3C(N)=O)CC1. The Morgan fingerprint density at radius 1 is 1.24 bits per heavy atom. The molecule has 1 aromatic carbocycles. The number of carbonyl (C=O) groups is 2. The molecule has 3 N–H and O–H groups in total. The van der Waals surface area contributed by atoms with Crippen LogP contribution in [0.15, 0.2) is 29.6 Å². The van der Waals surface area contributed by atoms with Gasteiger partial charge in [-0.25, -0.2) is 9.37 Å². The summed E-state index contributed by atoms with van der Waals surface area (Å²) in [6.07, 6.45) is 3.43. The smallest absolute Gasteiger partial charge is 0.224 e. The summed E-state index contributed by atoms with van der Waals surface area (Å²) < 4.78 is 14.4. The molecule has 3 fully saturated rings. The third kappa shape index (κ3) is 5.22. The predicted molar refractivity (Wildman–Crippen MR) is 142 cm³/mol. The first-order valence-electron chi connectivity index (χ1n) is 12.9. The predicted octanol–water partition coefficient (Wildman–Crippen LogP) is 3.62. The number of Topliss-reactive ketones (excluding diaryl/α,β-unsaturated/α-hetero) is 1. The maximum absolute atomic E-state index is 14.4. The number of hydrogen-bond acceptors (Lipinski definition) is 9. The van der Waals surface area contributed by atoms with Crippen molar-refractivity contribution in [3.8, 4) is 0 Å². The van der Waals surface area contributed by atoms with E-state index in [0.29, 0.717) is 18.4 Å². The number of nitrogens with two attached hydrogens (primary N) is 1. The van der Waals surface area contributed by atoms with E-state index in [1.807, 2.05) is 6.07 Å². The van der Waals surface area contributed by atoms with Crippen molar-refractivity contribution < 1.29 is 14.0 Å². The summed E-state index contributed by atoms with van der Waals surface area (Å²) in [6.45, 7) is 3.37. The Kier molecular flexibility index (Phi) is 7.58. The average molecular weight is 544 g/mol. The van der Waals surface area contributed by atoms with E-state index in [1.54, 1.807) is 12.1 Å². The van der Waals surface area contributed by atoms with Gasteiger partial charge in [0, 0.05) is 49.9 Å². The van der Waals surface area contributed by atoms with Crippen LogP contribution in [-0.2, 0) is 4.79 Å². The third-order valence-electron chi connectivity index (χ3n) is 8.46. The summed E-state index contributed by atoms with van der Waals surface area (Å²) in [7, 11) is 2.07. The maximum atomic E-state index is 14.4. The summed E-state index contributed by atoms with van der Waals surface area (Å²) >= 11 is 5.86. The molecule has 1 aromatic heterocycles. The van der Waals surface area contributed by atoms with Crippen molar-refractivity contribution in [2.45, 2.75) is 31.7 Å². The van der Waals surface area contributed by atoms with Gasteiger partial charge >= 0.3 is 0 Å². The largest absolute Gasteiger partial charge is 0.369 e. The van der Waals surface area contributed by atoms with Gasteiger partial charge in [-0.2, -0.15) is 4.98 Å². The first-order valence-corrected chi connectivity index (χ1v) is 13.3. The van der Waals surface area contributed by atoms with Crippen LogP contribution in [0, 0.1) is 34.4 Å². The lowest BCUT2D eigenvalue weighted by Crippen LogP contribution is -2.45. The first kappa shape index (κ1) is 26.4. The molecule has 202 valence electrons. The molecule has 12 heteroatoms. The summed E-state index contributed by atoms with van der Waals surface area (Å²) in [5, 5.41) is 6.02. The summed E-state index contributed by atoms with van der Waals surface area (Å²) in [6, 6.07) is 4.63.